The smallest absolute Gasteiger partial charge is 0.365 e. The van der Waals surface area contributed by atoms with Gasteiger partial charge in [-0.3, -0.25) is 0 Å². The fourth-order valence-electron chi connectivity index (χ4n) is 4.22. The molecule has 0 aromatic heterocycles. The molecule has 1 radical (unpaired) electrons. The quantitative estimate of drug-likeness (QED) is 0.112. The van der Waals surface area contributed by atoms with Gasteiger partial charge in [0.05, 0.1) is 0 Å². The van der Waals surface area contributed by atoms with Crippen LogP contribution in [0.4, 0.5) is 0 Å². The van der Waals surface area contributed by atoms with Crippen molar-refractivity contribution in [2.45, 2.75) is 117 Å². The molecule has 2 aromatic carbocycles. The van der Waals surface area contributed by atoms with Gasteiger partial charge in [-0.15, -0.1) is 0 Å². The summed E-state index contributed by atoms with van der Waals surface area (Å²) in [7, 11) is -5.76. The summed E-state index contributed by atoms with van der Waals surface area (Å²) in [5.74, 6) is 0.935. The molecule has 0 bridgehead atoms. The third-order valence-electron chi connectivity index (χ3n) is 6.40. The minimum absolute atomic E-state index is 0. The van der Waals surface area contributed by atoms with Crippen LogP contribution in [0.3, 0.4) is 0 Å². The van der Waals surface area contributed by atoms with Gasteiger partial charge in [0.2, 0.25) is 0 Å². The third-order valence-corrected chi connectivity index (χ3v) is 7.22. The third kappa shape index (κ3) is 22.3. The number of unbranched alkanes of at least 4 members (excludes halogenated alkanes) is 12. The SMILES string of the molecule is CCCCCCCCCc1ccc(O[PH](=O)O)cc1.CCCCCCCCCc1ccc(O[PH](=O)O)cc1.[Co]. The maximum Gasteiger partial charge on any atom is 0.365 e. The Morgan fingerprint density at radius 1 is 0.513 bits per heavy atom. The number of rotatable bonds is 20. The second-order valence-corrected chi connectivity index (χ2v) is 11.2. The molecule has 225 valence electrons. The van der Waals surface area contributed by atoms with Gasteiger partial charge >= 0.3 is 16.5 Å². The molecular formula is C30H50CoO6P2. The van der Waals surface area contributed by atoms with E-state index in [2.05, 4.69) is 13.8 Å². The zero-order valence-electron chi connectivity index (χ0n) is 23.8. The van der Waals surface area contributed by atoms with E-state index in [0.29, 0.717) is 11.5 Å². The molecule has 0 aliphatic heterocycles. The van der Waals surface area contributed by atoms with Crippen molar-refractivity contribution in [1.29, 1.82) is 0 Å². The molecule has 0 saturated heterocycles. The molecule has 0 fully saturated rings. The van der Waals surface area contributed by atoms with E-state index in [9.17, 15) is 9.13 Å². The molecule has 0 aliphatic rings. The van der Waals surface area contributed by atoms with Crippen molar-refractivity contribution in [3.8, 4) is 11.5 Å². The Labute approximate surface area is 248 Å². The zero-order chi connectivity index (χ0) is 27.8. The van der Waals surface area contributed by atoms with Crippen molar-refractivity contribution < 1.29 is 44.7 Å². The monoisotopic (exact) mass is 627 g/mol. The minimum Gasteiger partial charge on any atom is -0.426 e. The largest absolute Gasteiger partial charge is 0.426 e. The Morgan fingerprint density at radius 3 is 1.08 bits per heavy atom. The molecule has 0 saturated carbocycles. The van der Waals surface area contributed by atoms with Crippen LogP contribution in [0.2, 0.25) is 0 Å². The molecule has 9 heteroatoms. The minimum atomic E-state index is -2.88. The first-order valence-electron chi connectivity index (χ1n) is 14.4. The van der Waals surface area contributed by atoms with Crippen LogP contribution in [0, 0.1) is 0 Å². The van der Waals surface area contributed by atoms with Crippen molar-refractivity contribution in [2.75, 3.05) is 0 Å². The summed E-state index contributed by atoms with van der Waals surface area (Å²) < 4.78 is 30.6. The fourth-order valence-corrected chi connectivity index (χ4v) is 4.90. The Hall–Kier alpha value is -1.07. The van der Waals surface area contributed by atoms with Crippen LogP contribution in [0.5, 0.6) is 11.5 Å². The topological polar surface area (TPSA) is 93.1 Å². The van der Waals surface area contributed by atoms with Crippen molar-refractivity contribution in [1.82, 2.24) is 0 Å². The number of aryl methyl sites for hydroxylation is 2. The predicted octanol–water partition coefficient (Wildman–Crippen LogP) is 9.48. The van der Waals surface area contributed by atoms with Crippen LogP contribution in [0.15, 0.2) is 48.5 Å². The number of benzene rings is 2. The average Bonchev–Trinajstić information content (AvgIpc) is 2.89. The van der Waals surface area contributed by atoms with E-state index in [-0.39, 0.29) is 16.8 Å². The summed E-state index contributed by atoms with van der Waals surface area (Å²) in [6, 6.07) is 14.9. The van der Waals surface area contributed by atoms with E-state index in [1.54, 1.807) is 24.3 Å². The molecular weight excluding hydrogens is 577 g/mol. The summed E-state index contributed by atoms with van der Waals surface area (Å²) in [6.07, 6.45) is 20.5. The molecule has 0 spiro atoms. The normalized spacial score (nSPS) is 12.0. The van der Waals surface area contributed by atoms with E-state index >= 15 is 0 Å². The molecule has 6 nitrogen and oxygen atoms in total. The van der Waals surface area contributed by atoms with Crippen molar-refractivity contribution in [3.63, 3.8) is 0 Å². The molecule has 0 amide bonds. The van der Waals surface area contributed by atoms with E-state index < -0.39 is 16.5 Å². The Balaban J connectivity index is 0.000000722. The van der Waals surface area contributed by atoms with E-state index in [4.69, 9.17) is 18.8 Å². The van der Waals surface area contributed by atoms with Gasteiger partial charge in [0.25, 0.3) is 0 Å². The summed E-state index contributed by atoms with van der Waals surface area (Å²) in [4.78, 5) is 17.3. The Bertz CT molecular complexity index is 805. The predicted molar refractivity (Wildman–Crippen MR) is 160 cm³/mol. The second kappa shape index (κ2) is 25.9. The van der Waals surface area contributed by atoms with Crippen LogP contribution in [0.1, 0.15) is 115 Å². The Morgan fingerprint density at radius 2 is 0.795 bits per heavy atom. The number of hydrogen-bond donors (Lipinski definition) is 2. The summed E-state index contributed by atoms with van der Waals surface area (Å²) in [6.45, 7) is 4.47. The molecule has 2 rings (SSSR count). The van der Waals surface area contributed by atoms with Gasteiger partial charge in [0.15, 0.2) is 0 Å². The first-order chi connectivity index (χ1) is 18.4. The van der Waals surface area contributed by atoms with Gasteiger partial charge in [0, 0.05) is 16.8 Å². The molecule has 2 aromatic rings. The van der Waals surface area contributed by atoms with E-state index in [1.807, 2.05) is 24.3 Å². The van der Waals surface area contributed by atoms with Gasteiger partial charge in [-0.05, 0) is 61.1 Å². The molecule has 2 unspecified atom stereocenters. The van der Waals surface area contributed by atoms with E-state index in [0.717, 1.165) is 12.8 Å². The average molecular weight is 628 g/mol. The maximum atomic E-state index is 10.5. The fraction of sp³-hybridized carbons (Fsp3) is 0.600. The van der Waals surface area contributed by atoms with Gasteiger partial charge in [0.1, 0.15) is 11.5 Å². The van der Waals surface area contributed by atoms with Crippen LogP contribution in [0.25, 0.3) is 0 Å². The summed E-state index contributed by atoms with van der Waals surface area (Å²) in [5.41, 5.74) is 2.53. The van der Waals surface area contributed by atoms with Crippen molar-refractivity contribution >= 4 is 16.5 Å². The maximum absolute atomic E-state index is 10.5. The van der Waals surface area contributed by atoms with Crippen LogP contribution >= 0.6 is 16.5 Å². The standard InChI is InChI=1S/2C15H25O3P.Co/c2*1-2-3-4-5-6-7-8-9-14-10-12-15(13-11-14)18-19(16)17;/h2*10-13,19H,2-9H2,1H3,(H,16,17);. The van der Waals surface area contributed by atoms with Crippen LogP contribution in [-0.2, 0) is 38.8 Å². The molecule has 2 atom stereocenters. The van der Waals surface area contributed by atoms with Crippen LogP contribution < -0.4 is 9.05 Å². The summed E-state index contributed by atoms with van der Waals surface area (Å²) >= 11 is 0. The molecule has 2 N–H and O–H groups in total. The molecule has 0 aliphatic carbocycles. The Kier molecular flexibility index (Phi) is 25.2. The van der Waals surface area contributed by atoms with E-state index in [1.165, 1.54) is 101 Å². The number of hydrogen-bond acceptors (Lipinski definition) is 4. The van der Waals surface area contributed by atoms with Crippen molar-refractivity contribution in [2.24, 2.45) is 0 Å². The first-order valence-corrected chi connectivity index (χ1v) is 17.0. The van der Waals surface area contributed by atoms with Crippen LogP contribution in [-0.4, -0.2) is 9.79 Å². The molecule has 0 heterocycles. The zero-order valence-corrected chi connectivity index (χ0v) is 26.8. The second-order valence-electron chi connectivity index (χ2n) is 9.77. The van der Waals surface area contributed by atoms with Gasteiger partial charge in [-0.2, -0.15) is 0 Å². The van der Waals surface area contributed by atoms with Gasteiger partial charge < -0.3 is 18.8 Å². The first kappa shape index (κ1) is 37.9. The van der Waals surface area contributed by atoms with Gasteiger partial charge in [-0.1, -0.05) is 115 Å². The van der Waals surface area contributed by atoms with Gasteiger partial charge in [-0.25, -0.2) is 9.13 Å². The summed E-state index contributed by atoms with van der Waals surface area (Å²) in [5, 5.41) is 0. The molecule has 39 heavy (non-hydrogen) atoms. The van der Waals surface area contributed by atoms with Crippen molar-refractivity contribution in [3.05, 3.63) is 59.7 Å².